The molecule has 0 radical (unpaired) electrons. The maximum Gasteiger partial charge on any atom is 0.0713 e. The van der Waals surface area contributed by atoms with E-state index >= 15 is 0 Å². The Morgan fingerprint density at radius 2 is 1.47 bits per heavy atom. The Kier molecular flexibility index (Phi) is 3.40. The Morgan fingerprint density at radius 1 is 0.895 bits per heavy atom. The van der Waals surface area contributed by atoms with Crippen molar-refractivity contribution in [2.75, 3.05) is 13.1 Å². The summed E-state index contributed by atoms with van der Waals surface area (Å²) in [4.78, 5) is 4.71. The normalized spacial score (nSPS) is 11.2. The van der Waals surface area contributed by atoms with Gasteiger partial charge in [-0.3, -0.25) is 0 Å². The molecule has 0 bridgehead atoms. The van der Waals surface area contributed by atoms with Crippen molar-refractivity contribution in [3.8, 4) is 0 Å². The lowest BCUT2D eigenvalue weighted by Crippen LogP contribution is -2.22. The fourth-order valence-electron chi connectivity index (χ4n) is 2.43. The largest absolute Gasteiger partial charge is 0.329 e. The van der Waals surface area contributed by atoms with Crippen molar-refractivity contribution < 1.29 is 0 Å². The number of hydrogen-bond donors (Lipinski definition) is 2. The Morgan fingerprint density at radius 3 is 2.05 bits per heavy atom. The molecule has 0 aliphatic heterocycles. The van der Waals surface area contributed by atoms with Crippen LogP contribution in [0.1, 0.15) is 5.56 Å². The molecule has 0 saturated carbocycles. The lowest BCUT2D eigenvalue weighted by Gasteiger charge is -2.11. The first kappa shape index (κ1) is 12.1. The molecule has 0 atom stereocenters. The molecule has 0 amide bonds. The summed E-state index contributed by atoms with van der Waals surface area (Å²) in [6, 6.07) is 16.6. The zero-order chi connectivity index (χ0) is 13.1. The van der Waals surface area contributed by atoms with Gasteiger partial charge in [-0.25, -0.2) is 4.98 Å². The molecule has 0 aliphatic rings. The molecule has 3 aromatic rings. The lowest BCUT2D eigenvalue weighted by molar-refractivity contribution is 0.700. The predicted octanol–water partition coefficient (Wildman–Crippen LogP) is 2.44. The predicted molar refractivity (Wildman–Crippen MR) is 80.0 cm³/mol. The number of hydrogen-bond acceptors (Lipinski definition) is 3. The van der Waals surface area contributed by atoms with E-state index in [0.29, 0.717) is 6.54 Å². The molecule has 96 valence electrons. The summed E-state index contributed by atoms with van der Waals surface area (Å²) < 4.78 is 0. The van der Waals surface area contributed by atoms with Gasteiger partial charge in [0.25, 0.3) is 0 Å². The van der Waals surface area contributed by atoms with E-state index in [2.05, 4.69) is 41.7 Å². The molecule has 0 spiro atoms. The van der Waals surface area contributed by atoms with Crippen LogP contribution in [0.4, 0.5) is 0 Å². The van der Waals surface area contributed by atoms with Crippen molar-refractivity contribution in [2.24, 2.45) is 5.73 Å². The summed E-state index contributed by atoms with van der Waals surface area (Å²) in [6.45, 7) is 2.30. The topological polar surface area (TPSA) is 50.9 Å². The highest BCUT2D eigenvalue weighted by atomic mass is 14.9. The quantitative estimate of drug-likeness (QED) is 0.553. The summed E-state index contributed by atoms with van der Waals surface area (Å²) >= 11 is 0. The molecular formula is C16H17N3. The van der Waals surface area contributed by atoms with Gasteiger partial charge in [0.15, 0.2) is 0 Å². The minimum absolute atomic E-state index is 0.654. The number of rotatable bonds is 4. The van der Waals surface area contributed by atoms with Crippen LogP contribution in [0.5, 0.6) is 0 Å². The third-order valence-corrected chi connectivity index (χ3v) is 3.32. The van der Waals surface area contributed by atoms with Gasteiger partial charge in [0.1, 0.15) is 0 Å². The van der Waals surface area contributed by atoms with E-state index in [9.17, 15) is 0 Å². The van der Waals surface area contributed by atoms with E-state index in [1.807, 2.05) is 12.1 Å². The van der Waals surface area contributed by atoms with E-state index < -0.39 is 0 Å². The Labute approximate surface area is 112 Å². The van der Waals surface area contributed by atoms with Crippen molar-refractivity contribution in [1.29, 1.82) is 0 Å². The van der Waals surface area contributed by atoms with Gasteiger partial charge in [-0.05, 0) is 17.7 Å². The number of benzene rings is 2. The monoisotopic (exact) mass is 251 g/mol. The second kappa shape index (κ2) is 5.34. The van der Waals surface area contributed by atoms with Crippen LogP contribution in [-0.2, 0) is 6.54 Å². The highest BCUT2D eigenvalue weighted by molar-refractivity contribution is 5.97. The van der Waals surface area contributed by atoms with Gasteiger partial charge in [-0.15, -0.1) is 0 Å². The number of nitrogens with two attached hydrogens (primary N) is 1. The van der Waals surface area contributed by atoms with Crippen molar-refractivity contribution in [1.82, 2.24) is 10.3 Å². The molecule has 1 heterocycles. The molecule has 3 nitrogen and oxygen atoms in total. The molecule has 0 aliphatic carbocycles. The number of fused-ring (bicyclic) bond motifs is 2. The highest BCUT2D eigenvalue weighted by Crippen LogP contribution is 2.25. The van der Waals surface area contributed by atoms with E-state index in [1.165, 1.54) is 16.3 Å². The van der Waals surface area contributed by atoms with Gasteiger partial charge >= 0.3 is 0 Å². The SMILES string of the molecule is NCCNCc1c2ccccc2nc2ccccc12. The van der Waals surface area contributed by atoms with Gasteiger partial charge in [-0.1, -0.05) is 36.4 Å². The minimum atomic E-state index is 0.654. The molecule has 19 heavy (non-hydrogen) atoms. The average molecular weight is 251 g/mol. The second-order valence-corrected chi connectivity index (χ2v) is 4.59. The molecule has 0 fully saturated rings. The molecule has 1 aromatic heterocycles. The van der Waals surface area contributed by atoms with Crippen LogP contribution in [0.3, 0.4) is 0 Å². The summed E-state index contributed by atoms with van der Waals surface area (Å²) in [5, 5.41) is 5.81. The fraction of sp³-hybridized carbons (Fsp3) is 0.188. The number of aromatic nitrogens is 1. The Hall–Kier alpha value is -1.97. The summed E-state index contributed by atoms with van der Waals surface area (Å²) in [5.41, 5.74) is 8.94. The molecular weight excluding hydrogens is 234 g/mol. The van der Waals surface area contributed by atoms with Crippen LogP contribution in [0.2, 0.25) is 0 Å². The second-order valence-electron chi connectivity index (χ2n) is 4.59. The van der Waals surface area contributed by atoms with Crippen molar-refractivity contribution in [3.63, 3.8) is 0 Å². The maximum absolute atomic E-state index is 5.54. The zero-order valence-electron chi connectivity index (χ0n) is 10.8. The Balaban J connectivity index is 2.21. The first-order valence-electron chi connectivity index (χ1n) is 6.57. The van der Waals surface area contributed by atoms with Gasteiger partial charge < -0.3 is 11.1 Å². The van der Waals surface area contributed by atoms with Crippen molar-refractivity contribution >= 4 is 21.8 Å². The molecule has 0 saturated heterocycles. The third kappa shape index (κ3) is 2.30. The molecule has 3 rings (SSSR count). The molecule has 3 heteroatoms. The van der Waals surface area contributed by atoms with Crippen LogP contribution in [0.15, 0.2) is 48.5 Å². The molecule has 0 unspecified atom stereocenters. The van der Waals surface area contributed by atoms with E-state index in [0.717, 1.165) is 24.1 Å². The average Bonchev–Trinajstić information content (AvgIpc) is 2.46. The number of nitrogens with zero attached hydrogens (tertiary/aromatic N) is 1. The van der Waals surface area contributed by atoms with E-state index in [-0.39, 0.29) is 0 Å². The zero-order valence-corrected chi connectivity index (χ0v) is 10.8. The van der Waals surface area contributed by atoms with E-state index in [1.54, 1.807) is 0 Å². The van der Waals surface area contributed by atoms with E-state index in [4.69, 9.17) is 10.7 Å². The molecule has 2 aromatic carbocycles. The minimum Gasteiger partial charge on any atom is -0.329 e. The van der Waals surface area contributed by atoms with Crippen molar-refractivity contribution in [3.05, 3.63) is 54.1 Å². The highest BCUT2D eigenvalue weighted by Gasteiger charge is 2.07. The van der Waals surface area contributed by atoms with Crippen LogP contribution in [0.25, 0.3) is 21.8 Å². The standard InChI is InChI=1S/C16H17N3/c17-9-10-18-11-14-12-5-1-3-7-15(12)19-16-8-4-2-6-13(14)16/h1-8,18H,9-11,17H2. The fourth-order valence-corrected chi connectivity index (χ4v) is 2.43. The summed E-state index contributed by atoms with van der Waals surface area (Å²) in [6.07, 6.45) is 0. The van der Waals surface area contributed by atoms with Crippen LogP contribution < -0.4 is 11.1 Å². The van der Waals surface area contributed by atoms with Crippen LogP contribution in [0, 0.1) is 0 Å². The van der Waals surface area contributed by atoms with Gasteiger partial charge in [0, 0.05) is 30.4 Å². The summed E-state index contributed by atoms with van der Waals surface area (Å²) in [5.74, 6) is 0. The third-order valence-electron chi connectivity index (χ3n) is 3.32. The summed E-state index contributed by atoms with van der Waals surface area (Å²) in [7, 11) is 0. The first-order chi connectivity index (χ1) is 9.40. The van der Waals surface area contributed by atoms with Crippen LogP contribution >= 0.6 is 0 Å². The molecule has 3 N–H and O–H groups in total. The van der Waals surface area contributed by atoms with Gasteiger partial charge in [-0.2, -0.15) is 0 Å². The van der Waals surface area contributed by atoms with Gasteiger partial charge in [0.2, 0.25) is 0 Å². The van der Waals surface area contributed by atoms with Crippen molar-refractivity contribution in [2.45, 2.75) is 6.54 Å². The number of para-hydroxylation sites is 2. The Bertz CT molecular complexity index is 653. The van der Waals surface area contributed by atoms with Crippen LogP contribution in [-0.4, -0.2) is 18.1 Å². The number of pyridine rings is 1. The number of nitrogens with one attached hydrogen (secondary N) is 1. The van der Waals surface area contributed by atoms with Gasteiger partial charge in [0.05, 0.1) is 11.0 Å². The maximum atomic E-state index is 5.54. The first-order valence-corrected chi connectivity index (χ1v) is 6.57. The smallest absolute Gasteiger partial charge is 0.0713 e. The lowest BCUT2D eigenvalue weighted by atomic mass is 10.0.